The number of carbonyl (C=O) groups excluding carboxylic acids is 2. The Balaban J connectivity index is 1.64. The molecule has 0 radical (unpaired) electrons. The van der Waals surface area contributed by atoms with Crippen molar-refractivity contribution in [2.45, 2.75) is 12.5 Å². The normalized spacial score (nSPS) is 12.8. The van der Waals surface area contributed by atoms with Crippen molar-refractivity contribution in [2.24, 2.45) is 0 Å². The average Bonchev–Trinajstić information content (AvgIpc) is 3.41. The number of amides is 2. The van der Waals surface area contributed by atoms with Crippen LogP contribution in [-0.4, -0.2) is 30.1 Å². The number of thiophene rings is 1. The fourth-order valence-corrected chi connectivity index (χ4v) is 3.43. The lowest BCUT2D eigenvalue weighted by Gasteiger charge is -2.25. The number of benzene rings is 1. The summed E-state index contributed by atoms with van der Waals surface area (Å²) in [6, 6.07) is 13.5. The standard InChI is InChI=1S/C20H20N2O5S/c1-2-26-15-9-7-14(8-10-15)22-19(24)18(23)21-13-20(25,16-5-3-11-27-16)17-6-4-12-28-17/h3-12,25H,2,13H2,1H3,(H,21,23)(H,22,24). The SMILES string of the molecule is CCOc1ccc(NC(=O)C(=O)NCC(O)(c2ccco2)c2cccs2)cc1. The lowest BCUT2D eigenvalue weighted by atomic mass is 9.98. The molecule has 8 heteroatoms. The minimum atomic E-state index is -1.56. The minimum Gasteiger partial charge on any atom is -0.494 e. The number of rotatable bonds is 7. The molecule has 0 saturated carbocycles. The molecule has 0 saturated heterocycles. The zero-order valence-electron chi connectivity index (χ0n) is 15.2. The monoisotopic (exact) mass is 400 g/mol. The summed E-state index contributed by atoms with van der Waals surface area (Å²) in [7, 11) is 0. The highest BCUT2D eigenvalue weighted by Gasteiger charge is 2.36. The fourth-order valence-electron chi connectivity index (χ4n) is 2.60. The van der Waals surface area contributed by atoms with E-state index >= 15 is 0 Å². The Morgan fingerprint density at radius 3 is 2.54 bits per heavy atom. The molecule has 1 atom stereocenters. The van der Waals surface area contributed by atoms with Crippen molar-refractivity contribution in [2.75, 3.05) is 18.5 Å². The first kappa shape index (κ1) is 19.7. The third-order valence-corrected chi connectivity index (χ3v) is 5.01. The number of carbonyl (C=O) groups is 2. The molecule has 28 heavy (non-hydrogen) atoms. The molecule has 3 aromatic rings. The second-order valence-corrected chi connectivity index (χ2v) is 6.86. The topological polar surface area (TPSA) is 101 Å². The predicted octanol–water partition coefficient (Wildman–Crippen LogP) is 2.73. The van der Waals surface area contributed by atoms with Crippen LogP contribution in [0, 0.1) is 0 Å². The first-order valence-corrected chi connectivity index (χ1v) is 9.53. The van der Waals surface area contributed by atoms with E-state index in [1.54, 1.807) is 48.5 Å². The molecular formula is C20H20N2O5S. The van der Waals surface area contributed by atoms with E-state index < -0.39 is 17.4 Å². The quantitative estimate of drug-likeness (QED) is 0.530. The summed E-state index contributed by atoms with van der Waals surface area (Å²) in [4.78, 5) is 25.0. The van der Waals surface area contributed by atoms with Gasteiger partial charge in [0.1, 0.15) is 11.5 Å². The van der Waals surface area contributed by atoms with E-state index in [-0.39, 0.29) is 12.3 Å². The Bertz CT molecular complexity index is 870. The molecule has 1 unspecified atom stereocenters. The van der Waals surface area contributed by atoms with Crippen LogP contribution in [0.25, 0.3) is 0 Å². The second kappa shape index (κ2) is 8.73. The molecule has 7 nitrogen and oxygen atoms in total. The van der Waals surface area contributed by atoms with E-state index in [0.29, 0.717) is 22.9 Å². The largest absolute Gasteiger partial charge is 0.494 e. The number of hydrogen-bond donors (Lipinski definition) is 3. The van der Waals surface area contributed by atoms with E-state index in [9.17, 15) is 14.7 Å². The highest BCUT2D eigenvalue weighted by atomic mass is 32.1. The van der Waals surface area contributed by atoms with Crippen molar-refractivity contribution < 1.29 is 23.8 Å². The van der Waals surface area contributed by atoms with E-state index in [1.807, 2.05) is 12.3 Å². The second-order valence-electron chi connectivity index (χ2n) is 5.91. The van der Waals surface area contributed by atoms with Gasteiger partial charge in [0.05, 0.1) is 19.4 Å². The van der Waals surface area contributed by atoms with Crippen LogP contribution < -0.4 is 15.4 Å². The predicted molar refractivity (Wildman–Crippen MR) is 105 cm³/mol. The summed E-state index contributed by atoms with van der Waals surface area (Å²) in [5.74, 6) is -0.751. The summed E-state index contributed by atoms with van der Waals surface area (Å²) < 4.78 is 10.7. The van der Waals surface area contributed by atoms with Gasteiger partial charge in [-0.05, 0) is 54.8 Å². The molecule has 0 aliphatic heterocycles. The number of aliphatic hydroxyl groups is 1. The van der Waals surface area contributed by atoms with Gasteiger partial charge in [-0.15, -0.1) is 11.3 Å². The number of hydrogen-bond acceptors (Lipinski definition) is 6. The van der Waals surface area contributed by atoms with Crippen LogP contribution in [0.2, 0.25) is 0 Å². The summed E-state index contributed by atoms with van der Waals surface area (Å²) in [5, 5.41) is 17.9. The summed E-state index contributed by atoms with van der Waals surface area (Å²) in [6.45, 7) is 2.20. The lowest BCUT2D eigenvalue weighted by molar-refractivity contribution is -0.136. The average molecular weight is 400 g/mol. The molecule has 2 amide bonds. The molecule has 0 fully saturated rings. The molecule has 2 heterocycles. The molecule has 1 aromatic carbocycles. The van der Waals surface area contributed by atoms with Crippen molar-refractivity contribution >= 4 is 28.8 Å². The fraction of sp³-hybridized carbons (Fsp3) is 0.200. The summed E-state index contributed by atoms with van der Waals surface area (Å²) in [5.41, 5.74) is -1.10. The van der Waals surface area contributed by atoms with Crippen molar-refractivity contribution in [3.8, 4) is 5.75 Å². The van der Waals surface area contributed by atoms with Gasteiger partial charge in [0.15, 0.2) is 5.60 Å². The zero-order chi connectivity index (χ0) is 20.0. The number of anilines is 1. The Hall–Kier alpha value is -3.10. The van der Waals surface area contributed by atoms with E-state index in [0.717, 1.165) is 0 Å². The van der Waals surface area contributed by atoms with Crippen LogP contribution in [0.5, 0.6) is 5.75 Å². The van der Waals surface area contributed by atoms with Gasteiger partial charge >= 0.3 is 11.8 Å². The number of ether oxygens (including phenoxy) is 1. The van der Waals surface area contributed by atoms with E-state index in [4.69, 9.17) is 9.15 Å². The Morgan fingerprint density at radius 1 is 1.14 bits per heavy atom. The van der Waals surface area contributed by atoms with Gasteiger partial charge in [0, 0.05) is 10.6 Å². The van der Waals surface area contributed by atoms with Crippen molar-refractivity contribution in [1.82, 2.24) is 5.32 Å². The molecule has 3 N–H and O–H groups in total. The van der Waals surface area contributed by atoms with Gasteiger partial charge in [0.25, 0.3) is 0 Å². The zero-order valence-corrected chi connectivity index (χ0v) is 16.0. The van der Waals surface area contributed by atoms with Gasteiger partial charge in [-0.3, -0.25) is 9.59 Å². The van der Waals surface area contributed by atoms with Crippen molar-refractivity contribution in [3.05, 3.63) is 70.8 Å². The maximum atomic E-state index is 12.2. The van der Waals surface area contributed by atoms with Crippen LogP contribution in [0.15, 0.2) is 64.6 Å². The summed E-state index contributed by atoms with van der Waals surface area (Å²) >= 11 is 1.32. The molecule has 0 spiro atoms. The molecule has 3 rings (SSSR count). The molecule has 0 bridgehead atoms. The van der Waals surface area contributed by atoms with Crippen LogP contribution in [0.1, 0.15) is 17.6 Å². The number of nitrogens with one attached hydrogen (secondary N) is 2. The third kappa shape index (κ3) is 4.41. The first-order chi connectivity index (χ1) is 13.5. The van der Waals surface area contributed by atoms with E-state index in [1.165, 1.54) is 17.6 Å². The van der Waals surface area contributed by atoms with Crippen molar-refractivity contribution in [3.63, 3.8) is 0 Å². The van der Waals surface area contributed by atoms with Gasteiger partial charge in [-0.25, -0.2) is 0 Å². The highest BCUT2D eigenvalue weighted by Crippen LogP contribution is 2.32. The Labute approximate surface area is 166 Å². The third-order valence-electron chi connectivity index (χ3n) is 3.99. The molecule has 0 aliphatic carbocycles. The van der Waals surface area contributed by atoms with Gasteiger partial charge in [-0.1, -0.05) is 6.07 Å². The van der Waals surface area contributed by atoms with Crippen LogP contribution in [0.4, 0.5) is 5.69 Å². The smallest absolute Gasteiger partial charge is 0.313 e. The lowest BCUT2D eigenvalue weighted by Crippen LogP contribution is -2.44. The molecular weight excluding hydrogens is 380 g/mol. The maximum Gasteiger partial charge on any atom is 0.313 e. The first-order valence-electron chi connectivity index (χ1n) is 8.65. The van der Waals surface area contributed by atoms with Crippen molar-refractivity contribution in [1.29, 1.82) is 0 Å². The Morgan fingerprint density at radius 2 is 1.93 bits per heavy atom. The van der Waals surface area contributed by atoms with E-state index in [2.05, 4.69) is 10.6 Å². The van der Waals surface area contributed by atoms with Crippen LogP contribution in [0.3, 0.4) is 0 Å². The molecule has 2 aromatic heterocycles. The maximum absolute atomic E-state index is 12.2. The highest BCUT2D eigenvalue weighted by molar-refractivity contribution is 7.10. The van der Waals surface area contributed by atoms with Gasteiger partial charge in [0.2, 0.25) is 0 Å². The molecule has 146 valence electrons. The minimum absolute atomic E-state index is 0.212. The van der Waals surface area contributed by atoms with Crippen LogP contribution >= 0.6 is 11.3 Å². The van der Waals surface area contributed by atoms with Gasteiger partial charge in [-0.2, -0.15) is 0 Å². The Kier molecular flexibility index (Phi) is 6.13. The van der Waals surface area contributed by atoms with Crippen LogP contribution in [-0.2, 0) is 15.2 Å². The molecule has 0 aliphatic rings. The number of furan rings is 1. The summed E-state index contributed by atoms with van der Waals surface area (Å²) in [6.07, 6.45) is 1.44. The van der Waals surface area contributed by atoms with Gasteiger partial charge < -0.3 is 24.9 Å².